The van der Waals surface area contributed by atoms with Crippen LogP contribution >= 0.6 is 0 Å². The number of fused-ring (bicyclic) bond motifs is 1. The maximum Gasteiger partial charge on any atom is 0.134 e. The Bertz CT molecular complexity index is 580. The SMILES string of the molecule is CCc1oc2ccccc2c1C(CCC1CCCC1)NC. The summed E-state index contributed by atoms with van der Waals surface area (Å²) in [6.45, 7) is 2.19. The third-order valence-electron chi connectivity index (χ3n) is 5.07. The molecule has 0 saturated heterocycles. The van der Waals surface area contributed by atoms with E-state index in [0.29, 0.717) is 6.04 Å². The van der Waals surface area contributed by atoms with Crippen molar-refractivity contribution in [1.29, 1.82) is 0 Å². The summed E-state index contributed by atoms with van der Waals surface area (Å²) >= 11 is 0. The first-order valence-corrected chi connectivity index (χ1v) is 8.51. The van der Waals surface area contributed by atoms with Gasteiger partial charge in [0.15, 0.2) is 0 Å². The van der Waals surface area contributed by atoms with Crippen molar-refractivity contribution in [3.8, 4) is 0 Å². The molecule has 0 spiro atoms. The van der Waals surface area contributed by atoms with Crippen LogP contribution in [0.1, 0.15) is 62.8 Å². The lowest BCUT2D eigenvalue weighted by molar-refractivity contribution is 0.422. The summed E-state index contributed by atoms with van der Waals surface area (Å²) in [5, 5.41) is 4.83. The number of hydrogen-bond acceptors (Lipinski definition) is 2. The molecule has 1 unspecified atom stereocenters. The summed E-state index contributed by atoms with van der Waals surface area (Å²) in [7, 11) is 2.08. The molecule has 0 aliphatic heterocycles. The second-order valence-corrected chi connectivity index (χ2v) is 6.36. The molecule has 1 saturated carbocycles. The number of aryl methyl sites for hydroxylation is 1. The molecule has 1 aliphatic carbocycles. The summed E-state index contributed by atoms with van der Waals surface area (Å²) < 4.78 is 6.06. The van der Waals surface area contributed by atoms with E-state index < -0.39 is 0 Å². The fourth-order valence-corrected chi connectivity index (χ4v) is 3.90. The summed E-state index contributed by atoms with van der Waals surface area (Å²) in [5.74, 6) is 2.10. The van der Waals surface area contributed by atoms with Crippen LogP contribution in [-0.4, -0.2) is 7.05 Å². The highest BCUT2D eigenvalue weighted by Crippen LogP contribution is 2.36. The molecule has 114 valence electrons. The van der Waals surface area contributed by atoms with Crippen molar-refractivity contribution >= 4 is 11.0 Å². The van der Waals surface area contributed by atoms with Crippen LogP contribution in [0.3, 0.4) is 0 Å². The van der Waals surface area contributed by atoms with Crippen molar-refractivity contribution in [2.45, 2.75) is 57.9 Å². The standard InChI is InChI=1S/C19H27NO/c1-3-17-19(15-10-6-7-11-18(15)21-17)16(20-2)13-12-14-8-4-5-9-14/h6-7,10-11,14,16,20H,3-5,8-9,12-13H2,1-2H3. The van der Waals surface area contributed by atoms with Gasteiger partial charge in [0.25, 0.3) is 0 Å². The van der Waals surface area contributed by atoms with E-state index in [1.165, 1.54) is 49.5 Å². The normalized spacial score (nSPS) is 17.6. The van der Waals surface area contributed by atoms with Crippen LogP contribution in [0, 0.1) is 5.92 Å². The first-order valence-electron chi connectivity index (χ1n) is 8.51. The molecule has 1 fully saturated rings. The van der Waals surface area contributed by atoms with Gasteiger partial charge in [-0.2, -0.15) is 0 Å². The molecule has 1 aromatic heterocycles. The van der Waals surface area contributed by atoms with Crippen LogP contribution in [0.2, 0.25) is 0 Å². The third kappa shape index (κ3) is 3.01. The summed E-state index contributed by atoms with van der Waals surface area (Å²) in [6.07, 6.45) is 9.26. The fourth-order valence-electron chi connectivity index (χ4n) is 3.90. The lowest BCUT2D eigenvalue weighted by Crippen LogP contribution is -2.18. The van der Waals surface area contributed by atoms with Gasteiger partial charge in [-0.05, 0) is 31.9 Å². The van der Waals surface area contributed by atoms with E-state index in [-0.39, 0.29) is 0 Å². The predicted molar refractivity (Wildman–Crippen MR) is 88.6 cm³/mol. The number of benzene rings is 1. The zero-order valence-electron chi connectivity index (χ0n) is 13.3. The molecule has 0 radical (unpaired) electrons. The molecule has 0 amide bonds. The molecule has 0 bridgehead atoms. The first-order chi connectivity index (χ1) is 10.3. The van der Waals surface area contributed by atoms with Gasteiger partial charge in [-0.15, -0.1) is 0 Å². The number of nitrogens with one attached hydrogen (secondary N) is 1. The van der Waals surface area contributed by atoms with E-state index in [4.69, 9.17) is 4.42 Å². The Hall–Kier alpha value is -1.28. The lowest BCUT2D eigenvalue weighted by Gasteiger charge is -2.19. The van der Waals surface area contributed by atoms with E-state index in [9.17, 15) is 0 Å². The quantitative estimate of drug-likeness (QED) is 0.786. The Morgan fingerprint density at radius 1 is 1.24 bits per heavy atom. The molecule has 3 rings (SSSR count). The van der Waals surface area contributed by atoms with Crippen LogP contribution in [0.4, 0.5) is 0 Å². The highest BCUT2D eigenvalue weighted by atomic mass is 16.3. The number of rotatable bonds is 6. The topological polar surface area (TPSA) is 25.2 Å². The fraction of sp³-hybridized carbons (Fsp3) is 0.579. The molecule has 1 aliphatic rings. The zero-order valence-corrected chi connectivity index (χ0v) is 13.3. The van der Waals surface area contributed by atoms with Crippen molar-refractivity contribution in [2.24, 2.45) is 5.92 Å². The largest absolute Gasteiger partial charge is 0.461 e. The van der Waals surface area contributed by atoms with E-state index in [1.807, 2.05) is 0 Å². The number of hydrogen-bond donors (Lipinski definition) is 1. The number of furan rings is 1. The smallest absolute Gasteiger partial charge is 0.134 e. The Labute approximate surface area is 127 Å². The van der Waals surface area contributed by atoms with Gasteiger partial charge in [-0.3, -0.25) is 0 Å². The van der Waals surface area contributed by atoms with E-state index in [1.54, 1.807) is 0 Å². The number of para-hydroxylation sites is 1. The molecule has 2 nitrogen and oxygen atoms in total. The van der Waals surface area contributed by atoms with Gasteiger partial charge in [0.2, 0.25) is 0 Å². The molecule has 1 heterocycles. The Morgan fingerprint density at radius 3 is 2.71 bits per heavy atom. The van der Waals surface area contributed by atoms with Crippen LogP contribution in [0.5, 0.6) is 0 Å². The minimum absolute atomic E-state index is 0.421. The average molecular weight is 285 g/mol. The van der Waals surface area contributed by atoms with Gasteiger partial charge in [0.05, 0.1) is 0 Å². The van der Waals surface area contributed by atoms with E-state index >= 15 is 0 Å². The zero-order chi connectivity index (χ0) is 14.7. The minimum atomic E-state index is 0.421. The molecule has 2 heteroatoms. The molecule has 1 N–H and O–H groups in total. The maximum absolute atomic E-state index is 6.06. The highest BCUT2D eigenvalue weighted by molar-refractivity contribution is 5.82. The van der Waals surface area contributed by atoms with Crippen molar-refractivity contribution in [2.75, 3.05) is 7.05 Å². The first kappa shape index (κ1) is 14.6. The van der Waals surface area contributed by atoms with E-state index in [0.717, 1.165) is 23.7 Å². The van der Waals surface area contributed by atoms with Crippen LogP contribution in [0.15, 0.2) is 28.7 Å². The van der Waals surface area contributed by atoms with E-state index in [2.05, 4.69) is 43.6 Å². The monoisotopic (exact) mass is 285 g/mol. The molecular weight excluding hydrogens is 258 g/mol. The Morgan fingerprint density at radius 2 is 2.00 bits per heavy atom. The second-order valence-electron chi connectivity index (χ2n) is 6.36. The van der Waals surface area contributed by atoms with Crippen LogP contribution < -0.4 is 5.32 Å². The van der Waals surface area contributed by atoms with Crippen molar-refractivity contribution in [3.63, 3.8) is 0 Å². The predicted octanol–water partition coefficient (Wildman–Crippen LogP) is 5.23. The lowest BCUT2D eigenvalue weighted by atomic mass is 9.93. The molecule has 1 atom stereocenters. The average Bonchev–Trinajstić information content (AvgIpc) is 3.15. The van der Waals surface area contributed by atoms with Gasteiger partial charge in [-0.1, -0.05) is 50.8 Å². The Balaban J connectivity index is 1.84. The molecule has 21 heavy (non-hydrogen) atoms. The van der Waals surface area contributed by atoms with Gasteiger partial charge in [-0.25, -0.2) is 0 Å². The molecule has 2 aromatic rings. The van der Waals surface area contributed by atoms with Gasteiger partial charge >= 0.3 is 0 Å². The van der Waals surface area contributed by atoms with Gasteiger partial charge < -0.3 is 9.73 Å². The van der Waals surface area contributed by atoms with Crippen molar-refractivity contribution < 1.29 is 4.42 Å². The second kappa shape index (κ2) is 6.65. The Kier molecular flexibility index (Phi) is 4.64. The molecule has 1 aromatic carbocycles. The van der Waals surface area contributed by atoms with Crippen LogP contribution in [-0.2, 0) is 6.42 Å². The van der Waals surface area contributed by atoms with Crippen molar-refractivity contribution in [1.82, 2.24) is 5.32 Å². The van der Waals surface area contributed by atoms with Crippen molar-refractivity contribution in [3.05, 3.63) is 35.6 Å². The summed E-state index contributed by atoms with van der Waals surface area (Å²) in [6, 6.07) is 8.88. The third-order valence-corrected chi connectivity index (χ3v) is 5.07. The van der Waals surface area contributed by atoms with Gasteiger partial charge in [0, 0.05) is 23.4 Å². The van der Waals surface area contributed by atoms with Crippen LogP contribution in [0.25, 0.3) is 11.0 Å². The summed E-state index contributed by atoms with van der Waals surface area (Å²) in [5.41, 5.74) is 2.43. The van der Waals surface area contributed by atoms with Gasteiger partial charge in [0.1, 0.15) is 11.3 Å². The highest BCUT2D eigenvalue weighted by Gasteiger charge is 2.22. The minimum Gasteiger partial charge on any atom is -0.461 e. The maximum atomic E-state index is 6.06. The summed E-state index contributed by atoms with van der Waals surface area (Å²) in [4.78, 5) is 0. The molecular formula is C19H27NO.